The minimum atomic E-state index is -0.416. The third-order valence-electron chi connectivity index (χ3n) is 4.69. The molecule has 0 saturated carbocycles. The van der Waals surface area contributed by atoms with Crippen molar-refractivity contribution in [1.82, 2.24) is 4.90 Å². The Hall–Kier alpha value is -1.39. The van der Waals surface area contributed by atoms with Gasteiger partial charge in [-0.05, 0) is 12.0 Å². The van der Waals surface area contributed by atoms with Gasteiger partial charge in [-0.25, -0.2) is 0 Å². The summed E-state index contributed by atoms with van der Waals surface area (Å²) >= 11 is 0. The number of ether oxygens (including phenoxy) is 2. The van der Waals surface area contributed by atoms with Gasteiger partial charge in [0.15, 0.2) is 5.79 Å². The third-order valence-corrected chi connectivity index (χ3v) is 4.69. The van der Waals surface area contributed by atoms with Crippen LogP contribution in [0.25, 0.3) is 0 Å². The number of amides is 1. The highest BCUT2D eigenvalue weighted by Gasteiger charge is 2.42. The smallest absolute Gasteiger partial charge is 0.228 e. The first kappa shape index (κ1) is 15.5. The number of carbonyl (C=O) groups is 1. The average molecular weight is 303 g/mol. The molecular formula is C18H25NO3. The number of carbonyl (C=O) groups excluding carboxylic acids is 1. The SMILES string of the molecule is CC(C)(Cc1ccccc1)C(=O)N1CCC2(CC1)OCCO2. The van der Waals surface area contributed by atoms with E-state index in [1.54, 1.807) is 0 Å². The van der Waals surface area contributed by atoms with E-state index in [0.29, 0.717) is 13.2 Å². The Bertz CT molecular complexity index is 510. The molecule has 0 N–H and O–H groups in total. The molecular weight excluding hydrogens is 278 g/mol. The van der Waals surface area contributed by atoms with Crippen molar-refractivity contribution in [2.24, 2.45) is 5.41 Å². The molecule has 2 aliphatic heterocycles. The molecule has 22 heavy (non-hydrogen) atoms. The summed E-state index contributed by atoms with van der Waals surface area (Å²) in [6.07, 6.45) is 2.32. The summed E-state index contributed by atoms with van der Waals surface area (Å²) in [5.41, 5.74) is 0.820. The lowest BCUT2D eigenvalue weighted by atomic mass is 9.83. The summed E-state index contributed by atoms with van der Waals surface area (Å²) in [7, 11) is 0. The van der Waals surface area contributed by atoms with Gasteiger partial charge in [-0.3, -0.25) is 4.79 Å². The molecule has 4 heteroatoms. The standard InChI is InChI=1S/C18H25NO3/c1-17(2,14-15-6-4-3-5-7-15)16(20)19-10-8-18(9-11-19)21-12-13-22-18/h3-7H,8-14H2,1-2H3. The predicted molar refractivity (Wildman–Crippen MR) is 84.4 cm³/mol. The van der Waals surface area contributed by atoms with E-state index in [-0.39, 0.29) is 11.3 Å². The average Bonchev–Trinajstić information content (AvgIpc) is 2.96. The van der Waals surface area contributed by atoms with Crippen molar-refractivity contribution in [2.45, 2.75) is 38.9 Å². The van der Waals surface area contributed by atoms with Crippen molar-refractivity contribution < 1.29 is 14.3 Å². The first-order valence-electron chi connectivity index (χ1n) is 8.12. The van der Waals surface area contributed by atoms with Crippen LogP contribution in [0, 0.1) is 5.41 Å². The summed E-state index contributed by atoms with van der Waals surface area (Å²) in [6, 6.07) is 10.2. The van der Waals surface area contributed by atoms with Gasteiger partial charge in [-0.1, -0.05) is 44.2 Å². The van der Waals surface area contributed by atoms with Crippen LogP contribution in [0.4, 0.5) is 0 Å². The number of piperidine rings is 1. The Morgan fingerprint density at radius 2 is 1.73 bits per heavy atom. The number of hydrogen-bond donors (Lipinski definition) is 0. The fourth-order valence-corrected chi connectivity index (χ4v) is 3.45. The molecule has 0 unspecified atom stereocenters. The highest BCUT2D eigenvalue weighted by Crippen LogP contribution is 2.33. The Kier molecular flexibility index (Phi) is 4.24. The van der Waals surface area contributed by atoms with Gasteiger partial charge in [0.25, 0.3) is 0 Å². The van der Waals surface area contributed by atoms with Crippen molar-refractivity contribution in [3.05, 3.63) is 35.9 Å². The molecule has 1 aromatic carbocycles. The van der Waals surface area contributed by atoms with Gasteiger partial charge >= 0.3 is 0 Å². The second kappa shape index (κ2) is 6.01. The highest BCUT2D eigenvalue weighted by molar-refractivity contribution is 5.82. The molecule has 1 aromatic rings. The van der Waals surface area contributed by atoms with Crippen LogP contribution in [-0.2, 0) is 20.7 Å². The number of likely N-dealkylation sites (tertiary alicyclic amines) is 1. The topological polar surface area (TPSA) is 38.8 Å². The molecule has 1 spiro atoms. The molecule has 0 aliphatic carbocycles. The zero-order valence-electron chi connectivity index (χ0n) is 13.5. The van der Waals surface area contributed by atoms with E-state index in [1.807, 2.05) is 36.9 Å². The maximum Gasteiger partial charge on any atom is 0.228 e. The van der Waals surface area contributed by atoms with Crippen LogP contribution < -0.4 is 0 Å². The molecule has 0 atom stereocenters. The van der Waals surface area contributed by atoms with Crippen molar-refractivity contribution >= 4 is 5.91 Å². The lowest BCUT2D eigenvalue weighted by molar-refractivity contribution is -0.189. The van der Waals surface area contributed by atoms with Gasteiger partial charge in [-0.2, -0.15) is 0 Å². The number of nitrogens with zero attached hydrogens (tertiary/aromatic N) is 1. The number of benzene rings is 1. The molecule has 2 heterocycles. The molecule has 0 radical (unpaired) electrons. The van der Waals surface area contributed by atoms with E-state index < -0.39 is 5.79 Å². The molecule has 120 valence electrons. The molecule has 2 aliphatic rings. The van der Waals surface area contributed by atoms with Gasteiger partial charge in [0, 0.05) is 31.3 Å². The Balaban J connectivity index is 1.61. The van der Waals surface area contributed by atoms with Gasteiger partial charge < -0.3 is 14.4 Å². The summed E-state index contributed by atoms with van der Waals surface area (Å²) in [6.45, 7) is 6.86. The zero-order valence-corrected chi connectivity index (χ0v) is 13.5. The monoisotopic (exact) mass is 303 g/mol. The first-order chi connectivity index (χ1) is 10.5. The van der Waals surface area contributed by atoms with Gasteiger partial charge in [0.05, 0.1) is 13.2 Å². The minimum Gasteiger partial charge on any atom is -0.347 e. The fraction of sp³-hybridized carbons (Fsp3) is 0.611. The molecule has 0 aromatic heterocycles. The van der Waals surface area contributed by atoms with Crippen LogP contribution in [0.2, 0.25) is 0 Å². The normalized spacial score (nSPS) is 21.3. The van der Waals surface area contributed by atoms with E-state index in [1.165, 1.54) is 5.56 Å². The molecule has 1 amide bonds. The maximum atomic E-state index is 12.9. The van der Waals surface area contributed by atoms with Crippen LogP contribution in [0.3, 0.4) is 0 Å². The van der Waals surface area contributed by atoms with E-state index in [9.17, 15) is 4.79 Å². The predicted octanol–water partition coefficient (Wildman–Crippen LogP) is 2.62. The maximum absolute atomic E-state index is 12.9. The second-order valence-electron chi connectivity index (χ2n) is 6.95. The Morgan fingerprint density at radius 3 is 2.32 bits per heavy atom. The van der Waals surface area contributed by atoms with Crippen molar-refractivity contribution in [1.29, 1.82) is 0 Å². The fourth-order valence-electron chi connectivity index (χ4n) is 3.45. The van der Waals surface area contributed by atoms with Crippen LogP contribution in [0.15, 0.2) is 30.3 Å². The lowest BCUT2D eigenvalue weighted by Gasteiger charge is -2.40. The highest BCUT2D eigenvalue weighted by atomic mass is 16.7. The Labute approximate surface area is 132 Å². The van der Waals surface area contributed by atoms with Crippen molar-refractivity contribution in [3.63, 3.8) is 0 Å². The Morgan fingerprint density at radius 1 is 1.14 bits per heavy atom. The van der Waals surface area contributed by atoms with E-state index in [2.05, 4.69) is 12.1 Å². The third kappa shape index (κ3) is 3.18. The largest absolute Gasteiger partial charge is 0.347 e. The van der Waals surface area contributed by atoms with Crippen LogP contribution in [0.1, 0.15) is 32.3 Å². The first-order valence-corrected chi connectivity index (χ1v) is 8.12. The second-order valence-corrected chi connectivity index (χ2v) is 6.95. The van der Waals surface area contributed by atoms with E-state index >= 15 is 0 Å². The summed E-state index contributed by atoms with van der Waals surface area (Å²) in [5, 5.41) is 0. The quantitative estimate of drug-likeness (QED) is 0.861. The van der Waals surface area contributed by atoms with Gasteiger partial charge in [0.1, 0.15) is 0 Å². The van der Waals surface area contributed by atoms with Gasteiger partial charge in [-0.15, -0.1) is 0 Å². The van der Waals surface area contributed by atoms with E-state index in [4.69, 9.17) is 9.47 Å². The number of hydrogen-bond acceptors (Lipinski definition) is 3. The lowest BCUT2D eigenvalue weighted by Crippen LogP contribution is -2.51. The van der Waals surface area contributed by atoms with Crippen LogP contribution >= 0.6 is 0 Å². The van der Waals surface area contributed by atoms with Crippen LogP contribution in [-0.4, -0.2) is 42.9 Å². The molecule has 4 nitrogen and oxygen atoms in total. The zero-order chi connectivity index (χ0) is 15.6. The molecule has 0 bridgehead atoms. The number of rotatable bonds is 3. The van der Waals surface area contributed by atoms with Crippen molar-refractivity contribution in [3.8, 4) is 0 Å². The van der Waals surface area contributed by atoms with Crippen LogP contribution in [0.5, 0.6) is 0 Å². The summed E-state index contributed by atoms with van der Waals surface area (Å²) < 4.78 is 11.5. The molecule has 2 saturated heterocycles. The minimum absolute atomic E-state index is 0.226. The van der Waals surface area contributed by atoms with E-state index in [0.717, 1.165) is 32.4 Å². The van der Waals surface area contributed by atoms with Gasteiger partial charge in [0.2, 0.25) is 5.91 Å². The summed E-state index contributed by atoms with van der Waals surface area (Å²) in [4.78, 5) is 14.8. The molecule has 3 rings (SSSR count). The summed E-state index contributed by atoms with van der Waals surface area (Å²) in [5.74, 6) is -0.190. The van der Waals surface area contributed by atoms with Crippen molar-refractivity contribution in [2.75, 3.05) is 26.3 Å². The molecule has 2 fully saturated rings.